The van der Waals surface area contributed by atoms with Crippen molar-refractivity contribution in [3.63, 3.8) is 0 Å². The molecule has 0 aromatic heterocycles. The molecular formula is C18H23F3N2O7S. The minimum atomic E-state index is -3.71. The van der Waals surface area contributed by atoms with Gasteiger partial charge in [0.2, 0.25) is 5.79 Å². The zero-order chi connectivity index (χ0) is 23.0. The summed E-state index contributed by atoms with van der Waals surface area (Å²) in [7, 11) is -1.45. The van der Waals surface area contributed by atoms with E-state index >= 15 is 0 Å². The topological polar surface area (TPSA) is 94.6 Å². The van der Waals surface area contributed by atoms with Gasteiger partial charge in [-0.2, -0.15) is 17.2 Å². The number of rotatable bonds is 7. The van der Waals surface area contributed by atoms with Gasteiger partial charge in [0.05, 0.1) is 30.7 Å². The molecule has 1 amide bonds. The van der Waals surface area contributed by atoms with Crippen molar-refractivity contribution in [3.8, 4) is 0 Å². The maximum atomic E-state index is 14.8. The van der Waals surface area contributed by atoms with E-state index in [-0.39, 0.29) is 37.5 Å². The van der Waals surface area contributed by atoms with Crippen LogP contribution in [0.2, 0.25) is 0 Å². The van der Waals surface area contributed by atoms with E-state index in [0.29, 0.717) is 0 Å². The van der Waals surface area contributed by atoms with E-state index in [0.717, 1.165) is 31.4 Å². The Bertz CT molecular complexity index is 940. The van der Waals surface area contributed by atoms with Crippen LogP contribution in [0.5, 0.6) is 0 Å². The molecule has 2 aliphatic rings. The number of benzene rings is 1. The molecule has 0 radical (unpaired) electrons. The molecule has 2 saturated heterocycles. The first-order valence-electron chi connectivity index (χ1n) is 9.26. The van der Waals surface area contributed by atoms with Crippen LogP contribution in [0.1, 0.15) is 6.42 Å². The van der Waals surface area contributed by atoms with Gasteiger partial charge in [-0.1, -0.05) is 0 Å². The standard InChI is InChI=1S/C18H23F3N2O7S/c1-27-18(28-2)6-7-22(11-17(18,20)21)15-5-4-12(8-14(15)19)23-9-13(30-16(23)24)10-29-31(3,25)26/h4-5,8,13H,6-7,9-11H2,1-3H3/t13-/m1/s1. The Balaban J connectivity index is 1.73. The van der Waals surface area contributed by atoms with Crippen molar-refractivity contribution in [2.45, 2.75) is 24.2 Å². The third kappa shape index (κ3) is 4.73. The van der Waals surface area contributed by atoms with Crippen LogP contribution in [0.15, 0.2) is 18.2 Å². The van der Waals surface area contributed by atoms with E-state index in [9.17, 15) is 26.4 Å². The van der Waals surface area contributed by atoms with E-state index in [1.54, 1.807) is 0 Å². The maximum Gasteiger partial charge on any atom is 0.414 e. The Morgan fingerprint density at radius 2 is 1.94 bits per heavy atom. The summed E-state index contributed by atoms with van der Waals surface area (Å²) in [4.78, 5) is 14.4. The number of ether oxygens (including phenoxy) is 3. The summed E-state index contributed by atoms with van der Waals surface area (Å²) in [6, 6.07) is 3.72. The van der Waals surface area contributed by atoms with Crippen LogP contribution < -0.4 is 9.80 Å². The van der Waals surface area contributed by atoms with Gasteiger partial charge in [0.25, 0.3) is 10.1 Å². The largest absolute Gasteiger partial charge is 0.441 e. The van der Waals surface area contributed by atoms with Crippen LogP contribution >= 0.6 is 0 Å². The van der Waals surface area contributed by atoms with Crippen molar-refractivity contribution in [2.75, 3.05) is 56.5 Å². The highest BCUT2D eigenvalue weighted by Gasteiger charge is 2.58. The number of piperidine rings is 1. The van der Waals surface area contributed by atoms with E-state index in [1.807, 2.05) is 0 Å². The number of carbonyl (C=O) groups excluding carboxylic acids is 1. The van der Waals surface area contributed by atoms with Crippen LogP contribution in [-0.4, -0.2) is 79.0 Å². The van der Waals surface area contributed by atoms with Crippen LogP contribution in [0.4, 0.5) is 29.3 Å². The quantitative estimate of drug-likeness (QED) is 0.443. The van der Waals surface area contributed by atoms with Crippen molar-refractivity contribution < 1.29 is 44.8 Å². The van der Waals surface area contributed by atoms with Crippen LogP contribution in [-0.2, 0) is 28.5 Å². The third-order valence-corrected chi connectivity index (χ3v) is 5.81. The second kappa shape index (κ2) is 8.45. The number of cyclic esters (lactones) is 1. The van der Waals surface area contributed by atoms with Crippen LogP contribution in [0, 0.1) is 5.82 Å². The molecule has 9 nitrogen and oxygen atoms in total. The molecule has 1 aromatic rings. The fraction of sp³-hybridized carbons (Fsp3) is 0.611. The first kappa shape index (κ1) is 23.6. The molecule has 31 heavy (non-hydrogen) atoms. The van der Waals surface area contributed by atoms with Crippen molar-refractivity contribution in [2.24, 2.45) is 0 Å². The molecular weight excluding hydrogens is 445 g/mol. The van der Waals surface area contributed by atoms with Crippen molar-refractivity contribution in [3.05, 3.63) is 24.0 Å². The summed E-state index contributed by atoms with van der Waals surface area (Å²) in [5.41, 5.74) is 0.0776. The molecule has 3 rings (SSSR count). The normalized spacial score (nSPS) is 23.2. The van der Waals surface area contributed by atoms with Crippen molar-refractivity contribution in [1.29, 1.82) is 0 Å². The third-order valence-electron chi connectivity index (χ3n) is 5.24. The van der Waals surface area contributed by atoms with E-state index in [4.69, 9.17) is 14.2 Å². The summed E-state index contributed by atoms with van der Waals surface area (Å²) >= 11 is 0. The van der Waals surface area contributed by atoms with Gasteiger partial charge in [0.1, 0.15) is 18.5 Å². The Morgan fingerprint density at radius 3 is 2.48 bits per heavy atom. The summed E-state index contributed by atoms with van der Waals surface area (Å²) in [5, 5.41) is 0. The van der Waals surface area contributed by atoms with Gasteiger partial charge < -0.3 is 19.1 Å². The van der Waals surface area contributed by atoms with Crippen LogP contribution in [0.3, 0.4) is 0 Å². The van der Waals surface area contributed by atoms with E-state index in [2.05, 4.69) is 4.18 Å². The van der Waals surface area contributed by atoms with Gasteiger partial charge in [0.15, 0.2) is 0 Å². The second-order valence-electron chi connectivity index (χ2n) is 7.28. The van der Waals surface area contributed by atoms with Crippen molar-refractivity contribution in [1.82, 2.24) is 0 Å². The highest BCUT2D eigenvalue weighted by molar-refractivity contribution is 7.85. The fourth-order valence-corrected chi connectivity index (χ4v) is 4.03. The lowest BCUT2D eigenvalue weighted by Crippen LogP contribution is -2.62. The monoisotopic (exact) mass is 468 g/mol. The summed E-state index contributed by atoms with van der Waals surface area (Å²) in [6.07, 6.45) is -0.983. The predicted octanol–water partition coefficient (Wildman–Crippen LogP) is 1.96. The van der Waals surface area contributed by atoms with Gasteiger partial charge in [-0.3, -0.25) is 9.08 Å². The Morgan fingerprint density at radius 1 is 1.26 bits per heavy atom. The highest BCUT2D eigenvalue weighted by atomic mass is 32.2. The smallest absolute Gasteiger partial charge is 0.414 e. The molecule has 1 aromatic carbocycles. The molecule has 174 valence electrons. The fourth-order valence-electron chi connectivity index (χ4n) is 3.63. The molecule has 2 aliphatic heterocycles. The second-order valence-corrected chi connectivity index (χ2v) is 8.92. The molecule has 1 atom stereocenters. The lowest BCUT2D eigenvalue weighted by molar-refractivity contribution is -0.324. The molecule has 2 fully saturated rings. The Kier molecular flexibility index (Phi) is 6.42. The molecule has 0 bridgehead atoms. The first-order chi connectivity index (χ1) is 14.4. The number of methoxy groups -OCH3 is 2. The average Bonchev–Trinajstić information content (AvgIpc) is 3.06. The minimum Gasteiger partial charge on any atom is -0.441 e. The SMILES string of the molecule is COC1(OC)CCN(c2ccc(N3C[C@H](COS(C)(=O)=O)OC3=O)cc2F)CC1(F)F. The number of amides is 1. The highest BCUT2D eigenvalue weighted by Crippen LogP contribution is 2.41. The minimum absolute atomic E-state index is 0.0564. The maximum absolute atomic E-state index is 14.8. The van der Waals surface area contributed by atoms with Crippen molar-refractivity contribution >= 4 is 27.6 Å². The zero-order valence-corrected chi connectivity index (χ0v) is 18.0. The number of carbonyl (C=O) groups is 1. The number of hydrogen-bond acceptors (Lipinski definition) is 8. The van der Waals surface area contributed by atoms with Gasteiger partial charge in [-0.05, 0) is 18.2 Å². The first-order valence-corrected chi connectivity index (χ1v) is 11.1. The lowest BCUT2D eigenvalue weighted by atomic mass is 9.98. The number of halogens is 3. The van der Waals surface area contributed by atoms with Crippen LogP contribution in [0.25, 0.3) is 0 Å². The van der Waals surface area contributed by atoms with E-state index in [1.165, 1.54) is 17.0 Å². The number of alkyl halides is 2. The Hall–Kier alpha value is -2.09. The number of hydrogen-bond donors (Lipinski definition) is 0. The number of nitrogens with zero attached hydrogens (tertiary/aromatic N) is 2. The molecule has 2 heterocycles. The summed E-state index contributed by atoms with van der Waals surface area (Å²) in [5.74, 6) is -6.28. The van der Waals surface area contributed by atoms with Gasteiger partial charge >= 0.3 is 12.0 Å². The summed E-state index contributed by atoms with van der Waals surface area (Å²) in [6.45, 7) is -1.18. The van der Waals surface area contributed by atoms with Gasteiger partial charge in [-0.15, -0.1) is 0 Å². The van der Waals surface area contributed by atoms with Gasteiger partial charge in [-0.25, -0.2) is 9.18 Å². The molecule has 0 unspecified atom stereocenters. The number of anilines is 2. The summed E-state index contributed by atoms with van der Waals surface area (Å²) < 4.78 is 85.7. The molecule has 0 aliphatic carbocycles. The Labute approximate surface area is 177 Å². The molecule has 13 heteroatoms. The van der Waals surface area contributed by atoms with Gasteiger partial charge in [0, 0.05) is 27.2 Å². The molecule has 0 saturated carbocycles. The molecule has 0 spiro atoms. The lowest BCUT2D eigenvalue weighted by Gasteiger charge is -2.45. The average molecular weight is 468 g/mol. The predicted molar refractivity (Wildman–Crippen MR) is 103 cm³/mol. The van der Waals surface area contributed by atoms with E-state index < -0.39 is 46.4 Å². The zero-order valence-electron chi connectivity index (χ0n) is 17.1. The molecule has 0 N–H and O–H groups in total.